The van der Waals surface area contributed by atoms with Crippen LogP contribution in [0.1, 0.15) is 113 Å². The molecule has 0 amide bonds. The maximum absolute atomic E-state index is 12.7. The molecular formula is C32H50N3O4P. The second-order valence-electron chi connectivity index (χ2n) is 11.7. The molecule has 1 saturated heterocycles. The number of benzene rings is 1. The molecule has 0 saturated carbocycles. The van der Waals surface area contributed by atoms with Crippen molar-refractivity contribution in [3.63, 3.8) is 0 Å². The lowest BCUT2D eigenvalue weighted by Crippen LogP contribution is -2.48. The maximum atomic E-state index is 12.7. The number of fused-ring (bicyclic) bond motifs is 1. The molecule has 1 heterocycles. The van der Waals surface area contributed by atoms with E-state index < -0.39 is 14.4 Å². The van der Waals surface area contributed by atoms with Gasteiger partial charge in [0.1, 0.15) is 6.61 Å². The van der Waals surface area contributed by atoms with E-state index in [2.05, 4.69) is 49.0 Å². The van der Waals surface area contributed by atoms with Gasteiger partial charge in [0.25, 0.3) is 8.53 Å². The first-order valence-corrected chi connectivity index (χ1v) is 16.6. The third kappa shape index (κ3) is 8.66. The highest BCUT2D eigenvalue weighted by Gasteiger charge is 2.38. The number of ketones is 2. The smallest absolute Gasteiger partial charge is 0.259 e. The van der Waals surface area contributed by atoms with E-state index in [9.17, 15) is 9.59 Å². The SMILES string of the molecule is [C-]#[N+]CCOP(OC(CC)C1CCCCN1CCCCCCC1C(=O)c2ccccc2C1=O)N(C(C)C)C(C)C. The first-order chi connectivity index (χ1) is 19.3. The fraction of sp³-hybridized carbons (Fsp3) is 0.719. The fourth-order valence-corrected chi connectivity index (χ4v) is 8.04. The van der Waals surface area contributed by atoms with Crippen molar-refractivity contribution in [3.05, 3.63) is 46.8 Å². The van der Waals surface area contributed by atoms with Crippen molar-refractivity contribution in [2.45, 2.75) is 117 Å². The molecule has 2 aliphatic rings. The number of likely N-dealkylation sites (tertiary alicyclic amines) is 1. The molecule has 3 unspecified atom stereocenters. The van der Waals surface area contributed by atoms with Crippen molar-refractivity contribution in [3.8, 4) is 0 Å². The van der Waals surface area contributed by atoms with Crippen molar-refractivity contribution in [2.75, 3.05) is 26.2 Å². The van der Waals surface area contributed by atoms with Crippen LogP contribution in [0.5, 0.6) is 0 Å². The number of rotatable bonds is 17. The van der Waals surface area contributed by atoms with Crippen molar-refractivity contribution < 1.29 is 18.6 Å². The Morgan fingerprint density at radius 2 is 1.68 bits per heavy atom. The van der Waals surface area contributed by atoms with Gasteiger partial charge < -0.3 is 13.9 Å². The molecule has 1 aromatic carbocycles. The lowest BCUT2D eigenvalue weighted by atomic mass is 9.94. The average Bonchev–Trinajstić information content (AvgIpc) is 3.18. The summed E-state index contributed by atoms with van der Waals surface area (Å²) in [5, 5.41) is 0. The zero-order valence-corrected chi connectivity index (χ0v) is 26.2. The summed E-state index contributed by atoms with van der Waals surface area (Å²) in [5.74, 6) is -0.461. The number of piperidine rings is 1. The second kappa shape index (κ2) is 16.7. The predicted molar refractivity (Wildman–Crippen MR) is 163 cm³/mol. The molecule has 1 fully saturated rings. The van der Waals surface area contributed by atoms with E-state index in [-0.39, 0.29) is 17.7 Å². The summed E-state index contributed by atoms with van der Waals surface area (Å²) in [4.78, 5) is 31.4. The molecule has 0 aromatic heterocycles. The quantitative estimate of drug-likeness (QED) is 0.0832. The standard InChI is InChI=1S/C32H50N3O4P/c1-7-30(39-40(38-23-20-33-6)35(24(2)3)25(4)5)29-19-13-15-22-34(29)21-14-9-8-10-18-28-31(36)26-16-11-12-17-27(26)32(28)37/h11-12,16-17,24-25,28-30H,7-10,13-15,18-23H2,1-5H3. The Balaban J connectivity index is 1.50. The fourth-order valence-electron chi connectivity index (χ4n) is 6.22. The molecule has 222 valence electrons. The Kier molecular flexibility index (Phi) is 13.7. The molecule has 1 aliphatic carbocycles. The zero-order chi connectivity index (χ0) is 29.1. The van der Waals surface area contributed by atoms with Crippen molar-refractivity contribution in [1.82, 2.24) is 9.57 Å². The summed E-state index contributed by atoms with van der Waals surface area (Å²) in [6.45, 7) is 21.0. The summed E-state index contributed by atoms with van der Waals surface area (Å²) in [6, 6.07) is 8.20. The Morgan fingerprint density at radius 1 is 1.02 bits per heavy atom. The lowest BCUT2D eigenvalue weighted by Gasteiger charge is -2.43. The Hall–Kier alpha value is -1.68. The highest BCUT2D eigenvalue weighted by atomic mass is 31.2. The zero-order valence-electron chi connectivity index (χ0n) is 25.3. The van der Waals surface area contributed by atoms with Crippen LogP contribution in [0.25, 0.3) is 4.85 Å². The summed E-state index contributed by atoms with van der Waals surface area (Å²) in [5.41, 5.74) is 1.21. The Bertz CT molecular complexity index is 952. The molecule has 1 aromatic rings. The van der Waals surface area contributed by atoms with E-state index in [0.29, 0.717) is 48.8 Å². The lowest BCUT2D eigenvalue weighted by molar-refractivity contribution is 0.0260. The van der Waals surface area contributed by atoms with Crippen LogP contribution >= 0.6 is 8.53 Å². The van der Waals surface area contributed by atoms with E-state index in [4.69, 9.17) is 15.6 Å². The first kappa shape index (κ1) is 32.8. The van der Waals surface area contributed by atoms with E-state index >= 15 is 0 Å². The van der Waals surface area contributed by atoms with Gasteiger partial charge in [-0.05, 0) is 72.9 Å². The van der Waals surface area contributed by atoms with Gasteiger partial charge >= 0.3 is 0 Å². The molecule has 0 radical (unpaired) electrons. The highest BCUT2D eigenvalue weighted by Crippen LogP contribution is 2.48. The number of nitrogens with zero attached hydrogens (tertiary/aromatic N) is 3. The molecule has 0 N–H and O–H groups in total. The molecule has 0 spiro atoms. The second-order valence-corrected chi connectivity index (χ2v) is 13.1. The summed E-state index contributed by atoms with van der Waals surface area (Å²) < 4.78 is 15.4. The van der Waals surface area contributed by atoms with Crippen LogP contribution < -0.4 is 0 Å². The summed E-state index contributed by atoms with van der Waals surface area (Å²) in [7, 11) is -1.25. The van der Waals surface area contributed by atoms with Crippen molar-refractivity contribution in [2.24, 2.45) is 5.92 Å². The molecular weight excluding hydrogens is 521 g/mol. The van der Waals surface area contributed by atoms with Gasteiger partial charge in [-0.25, -0.2) is 11.2 Å². The van der Waals surface area contributed by atoms with Crippen LogP contribution in [0.4, 0.5) is 0 Å². The average molecular weight is 572 g/mol. The minimum absolute atomic E-state index is 0.00824. The van der Waals surface area contributed by atoms with Gasteiger partial charge in [-0.3, -0.25) is 14.5 Å². The van der Waals surface area contributed by atoms with Crippen LogP contribution in [-0.2, 0) is 9.05 Å². The maximum Gasteiger partial charge on any atom is 0.259 e. The van der Waals surface area contributed by atoms with Gasteiger partial charge in [-0.2, -0.15) is 0 Å². The molecule has 7 nitrogen and oxygen atoms in total. The number of hydrogen-bond acceptors (Lipinski definition) is 6. The summed E-state index contributed by atoms with van der Waals surface area (Å²) >= 11 is 0. The van der Waals surface area contributed by atoms with E-state index in [1.165, 1.54) is 12.8 Å². The van der Waals surface area contributed by atoms with Gasteiger partial charge in [0.15, 0.2) is 11.6 Å². The minimum Gasteiger partial charge on any atom is -0.317 e. The number of carbonyl (C=O) groups is 2. The van der Waals surface area contributed by atoms with Crippen molar-refractivity contribution >= 4 is 20.1 Å². The number of Topliss-reactive ketones (excluding diaryl/α,β-unsaturated/α-hetero) is 2. The largest absolute Gasteiger partial charge is 0.317 e. The van der Waals surface area contributed by atoms with Crippen LogP contribution in [0.2, 0.25) is 0 Å². The van der Waals surface area contributed by atoms with E-state index in [0.717, 1.165) is 51.6 Å². The van der Waals surface area contributed by atoms with Gasteiger partial charge in [-0.1, -0.05) is 56.9 Å². The van der Waals surface area contributed by atoms with Crippen LogP contribution in [0.15, 0.2) is 24.3 Å². The van der Waals surface area contributed by atoms with Gasteiger partial charge in [-0.15, -0.1) is 0 Å². The Morgan fingerprint density at radius 3 is 2.27 bits per heavy atom. The molecule has 0 bridgehead atoms. The van der Waals surface area contributed by atoms with Gasteiger partial charge in [0.2, 0.25) is 6.54 Å². The minimum atomic E-state index is -1.25. The Labute approximate surface area is 243 Å². The number of hydrogen-bond donors (Lipinski definition) is 0. The normalized spacial score (nSPS) is 19.9. The van der Waals surface area contributed by atoms with Gasteiger partial charge in [0, 0.05) is 29.3 Å². The van der Waals surface area contributed by atoms with E-state index in [1.807, 2.05) is 12.1 Å². The molecule has 40 heavy (non-hydrogen) atoms. The molecule has 8 heteroatoms. The number of carbonyl (C=O) groups excluding carboxylic acids is 2. The van der Waals surface area contributed by atoms with Gasteiger partial charge in [0.05, 0.1) is 12.0 Å². The molecule has 3 rings (SSSR count). The predicted octanol–water partition coefficient (Wildman–Crippen LogP) is 7.56. The first-order valence-electron chi connectivity index (χ1n) is 15.4. The number of unbranched alkanes of at least 4 members (excludes halogenated alkanes) is 3. The third-order valence-corrected chi connectivity index (χ3v) is 10.3. The van der Waals surface area contributed by atoms with Crippen LogP contribution in [0, 0.1) is 12.5 Å². The summed E-state index contributed by atoms with van der Waals surface area (Å²) in [6.07, 6.45) is 9.43. The van der Waals surface area contributed by atoms with Crippen molar-refractivity contribution in [1.29, 1.82) is 0 Å². The highest BCUT2D eigenvalue weighted by molar-refractivity contribution is 7.44. The molecule has 1 aliphatic heterocycles. The monoisotopic (exact) mass is 571 g/mol. The van der Waals surface area contributed by atoms with Crippen LogP contribution in [-0.4, -0.2) is 71.6 Å². The third-order valence-electron chi connectivity index (χ3n) is 8.15. The molecule has 3 atom stereocenters. The topological polar surface area (TPSA) is 63.4 Å². The van der Waals surface area contributed by atoms with Crippen LogP contribution in [0.3, 0.4) is 0 Å². The van der Waals surface area contributed by atoms with E-state index in [1.54, 1.807) is 12.1 Å².